The van der Waals surface area contributed by atoms with Crippen molar-refractivity contribution >= 4 is 33.8 Å². The fourth-order valence-corrected chi connectivity index (χ4v) is 2.16. The van der Waals surface area contributed by atoms with Crippen molar-refractivity contribution in [2.75, 3.05) is 5.75 Å². The van der Waals surface area contributed by atoms with E-state index in [-0.39, 0.29) is 15.2 Å². The SMILES string of the molecule is C=CC[Se]NC(CCS)C(=O)O. The molecular weight excluding hydrogens is 241 g/mol. The molecule has 0 aliphatic carbocycles. The molecule has 70 valence electrons. The van der Waals surface area contributed by atoms with Gasteiger partial charge >= 0.3 is 84.2 Å². The summed E-state index contributed by atoms with van der Waals surface area (Å²) in [5, 5.41) is 9.54. The van der Waals surface area contributed by atoms with Crippen LogP contribution in [-0.4, -0.2) is 38.0 Å². The average molecular weight is 254 g/mol. The third-order valence-electron chi connectivity index (χ3n) is 1.14. The predicted octanol–water partition coefficient (Wildman–Crippen LogP) is 0.573. The number of nitrogens with one attached hydrogen (secondary N) is 1. The number of hydrogen-bond donors (Lipinski definition) is 3. The van der Waals surface area contributed by atoms with Crippen LogP contribution in [0.4, 0.5) is 0 Å². The molecule has 2 N–H and O–H groups in total. The zero-order valence-corrected chi connectivity index (χ0v) is 9.30. The van der Waals surface area contributed by atoms with Gasteiger partial charge in [0, 0.05) is 0 Å². The second kappa shape index (κ2) is 7.68. The molecule has 0 saturated heterocycles. The van der Waals surface area contributed by atoms with Crippen LogP contribution in [0.1, 0.15) is 6.42 Å². The first-order chi connectivity index (χ1) is 5.72. The number of aliphatic carboxylic acids is 1. The summed E-state index contributed by atoms with van der Waals surface area (Å²) in [6.07, 6.45) is 2.35. The van der Waals surface area contributed by atoms with Gasteiger partial charge in [-0.15, -0.1) is 0 Å². The summed E-state index contributed by atoms with van der Waals surface area (Å²) in [4.78, 5) is 10.6. The monoisotopic (exact) mass is 255 g/mol. The normalized spacial score (nSPS) is 12.4. The summed E-state index contributed by atoms with van der Waals surface area (Å²) in [6.45, 7) is 3.56. The molecule has 0 bridgehead atoms. The van der Waals surface area contributed by atoms with Crippen LogP contribution < -0.4 is 4.33 Å². The van der Waals surface area contributed by atoms with Crippen LogP contribution in [-0.2, 0) is 4.79 Å². The molecule has 12 heavy (non-hydrogen) atoms. The molecule has 5 heteroatoms. The molecule has 0 heterocycles. The number of carbonyl (C=O) groups is 1. The molecule has 0 aromatic heterocycles. The van der Waals surface area contributed by atoms with E-state index in [1.54, 1.807) is 6.08 Å². The van der Waals surface area contributed by atoms with Gasteiger partial charge < -0.3 is 0 Å². The summed E-state index contributed by atoms with van der Waals surface area (Å²) >= 11 is 4.13. The van der Waals surface area contributed by atoms with Crippen molar-refractivity contribution in [3.05, 3.63) is 12.7 Å². The van der Waals surface area contributed by atoms with Crippen LogP contribution in [0.15, 0.2) is 12.7 Å². The Labute approximate surface area is 84.4 Å². The van der Waals surface area contributed by atoms with E-state index < -0.39 is 12.0 Å². The number of rotatable bonds is 7. The van der Waals surface area contributed by atoms with Crippen LogP contribution in [0.5, 0.6) is 0 Å². The summed E-state index contributed by atoms with van der Waals surface area (Å²) < 4.78 is 2.96. The van der Waals surface area contributed by atoms with E-state index in [2.05, 4.69) is 23.5 Å². The van der Waals surface area contributed by atoms with E-state index in [1.807, 2.05) is 0 Å². The molecule has 0 rings (SSSR count). The van der Waals surface area contributed by atoms with Crippen molar-refractivity contribution in [1.82, 2.24) is 4.33 Å². The van der Waals surface area contributed by atoms with Crippen LogP contribution in [0.2, 0.25) is 5.32 Å². The topological polar surface area (TPSA) is 49.3 Å². The van der Waals surface area contributed by atoms with Gasteiger partial charge in [-0.3, -0.25) is 0 Å². The second-order valence-electron chi connectivity index (χ2n) is 2.12. The van der Waals surface area contributed by atoms with Gasteiger partial charge in [0.1, 0.15) is 0 Å². The molecule has 0 saturated carbocycles. The zero-order valence-electron chi connectivity index (χ0n) is 6.69. The van der Waals surface area contributed by atoms with E-state index in [4.69, 9.17) is 5.11 Å². The second-order valence-corrected chi connectivity index (χ2v) is 4.37. The fraction of sp³-hybridized carbons (Fsp3) is 0.571. The van der Waals surface area contributed by atoms with E-state index in [1.165, 1.54) is 0 Å². The molecular formula is C7H13NO2SSe. The van der Waals surface area contributed by atoms with Crippen LogP contribution in [0.3, 0.4) is 0 Å². The Morgan fingerprint density at radius 2 is 2.50 bits per heavy atom. The molecule has 0 aliphatic rings. The molecule has 0 aliphatic heterocycles. The van der Waals surface area contributed by atoms with Crippen molar-refractivity contribution in [3.8, 4) is 0 Å². The standard InChI is InChI=1S/C7H13NO2SSe/c1-2-5-12-8-6(3-4-11)7(9)10/h2,6,8,11H,1,3-5H2,(H,9,10). The summed E-state index contributed by atoms with van der Waals surface area (Å²) in [6, 6.07) is -0.442. The first-order valence-electron chi connectivity index (χ1n) is 3.54. The molecule has 0 radical (unpaired) electrons. The van der Waals surface area contributed by atoms with E-state index in [0.29, 0.717) is 12.2 Å². The molecule has 0 aromatic carbocycles. The summed E-state index contributed by atoms with van der Waals surface area (Å²) in [7, 11) is 0. The maximum atomic E-state index is 10.6. The maximum absolute atomic E-state index is 10.6. The Kier molecular flexibility index (Phi) is 7.70. The van der Waals surface area contributed by atoms with Gasteiger partial charge in [-0.2, -0.15) is 0 Å². The predicted molar refractivity (Wildman–Crippen MR) is 53.8 cm³/mol. The third-order valence-corrected chi connectivity index (χ3v) is 3.19. The molecule has 1 atom stereocenters. The Hall–Kier alpha value is 0.0395. The summed E-state index contributed by atoms with van der Waals surface area (Å²) in [5.74, 6) is -0.205. The van der Waals surface area contributed by atoms with Gasteiger partial charge in [0.25, 0.3) is 0 Å². The van der Waals surface area contributed by atoms with Gasteiger partial charge in [-0.05, 0) is 0 Å². The summed E-state index contributed by atoms with van der Waals surface area (Å²) in [5.41, 5.74) is 0. The third kappa shape index (κ3) is 5.66. The Bertz CT molecular complexity index is 154. The minimum absolute atomic E-state index is 0.147. The Morgan fingerprint density at radius 1 is 1.83 bits per heavy atom. The van der Waals surface area contributed by atoms with Gasteiger partial charge in [0.05, 0.1) is 0 Å². The number of hydrogen-bond acceptors (Lipinski definition) is 3. The number of allylic oxidation sites excluding steroid dienone is 1. The van der Waals surface area contributed by atoms with Crippen LogP contribution in [0, 0.1) is 0 Å². The van der Waals surface area contributed by atoms with Gasteiger partial charge in [-0.25, -0.2) is 0 Å². The van der Waals surface area contributed by atoms with Gasteiger partial charge in [0.15, 0.2) is 0 Å². The minimum atomic E-state index is -0.796. The van der Waals surface area contributed by atoms with Gasteiger partial charge in [-0.1, -0.05) is 0 Å². The first-order valence-corrected chi connectivity index (χ1v) is 6.24. The zero-order chi connectivity index (χ0) is 9.40. The number of carboxylic acid groups (broad SMARTS) is 1. The number of carboxylic acids is 1. The van der Waals surface area contributed by atoms with E-state index in [9.17, 15) is 4.79 Å². The fourth-order valence-electron chi connectivity index (χ4n) is 0.570. The van der Waals surface area contributed by atoms with Crippen molar-refractivity contribution in [3.63, 3.8) is 0 Å². The van der Waals surface area contributed by atoms with Crippen molar-refractivity contribution in [2.24, 2.45) is 0 Å². The van der Waals surface area contributed by atoms with Crippen molar-refractivity contribution in [1.29, 1.82) is 0 Å². The van der Waals surface area contributed by atoms with Crippen LogP contribution >= 0.6 is 12.6 Å². The Morgan fingerprint density at radius 3 is 2.92 bits per heavy atom. The van der Waals surface area contributed by atoms with E-state index >= 15 is 0 Å². The number of thiol groups is 1. The van der Waals surface area contributed by atoms with Gasteiger partial charge in [0.2, 0.25) is 0 Å². The molecule has 0 spiro atoms. The van der Waals surface area contributed by atoms with Crippen LogP contribution in [0.25, 0.3) is 0 Å². The Balaban J connectivity index is 3.63. The molecule has 0 aromatic rings. The first kappa shape index (κ1) is 12.0. The molecule has 3 nitrogen and oxygen atoms in total. The van der Waals surface area contributed by atoms with Crippen molar-refractivity contribution in [2.45, 2.75) is 17.8 Å². The molecule has 0 fully saturated rings. The average Bonchev–Trinajstić information content (AvgIpc) is 2.03. The van der Waals surface area contributed by atoms with E-state index in [0.717, 1.165) is 5.32 Å². The molecule has 1 unspecified atom stereocenters. The van der Waals surface area contributed by atoms with Crippen molar-refractivity contribution < 1.29 is 9.90 Å². The quantitative estimate of drug-likeness (QED) is 0.269. The molecule has 0 amide bonds.